The molecule has 0 aliphatic carbocycles. The minimum Gasteiger partial charge on any atom is -0.376 e. The smallest absolute Gasteiger partial charge is 0.254 e. The molecule has 0 radical (unpaired) electrons. The van der Waals surface area contributed by atoms with Crippen molar-refractivity contribution < 1.29 is 14.3 Å². The molecule has 2 saturated heterocycles. The van der Waals surface area contributed by atoms with Gasteiger partial charge < -0.3 is 19.9 Å². The Balaban J connectivity index is 1.54. The van der Waals surface area contributed by atoms with E-state index in [4.69, 9.17) is 4.74 Å². The number of ether oxygens (including phenoxy) is 1. The Labute approximate surface area is 161 Å². The van der Waals surface area contributed by atoms with Crippen LogP contribution in [0.15, 0.2) is 24.3 Å². The second kappa shape index (κ2) is 8.74. The first kappa shape index (κ1) is 19.7. The summed E-state index contributed by atoms with van der Waals surface area (Å²) in [5.41, 5.74) is 1.52. The highest BCUT2D eigenvalue weighted by Gasteiger charge is 2.26. The molecule has 0 saturated carbocycles. The van der Waals surface area contributed by atoms with Crippen LogP contribution >= 0.6 is 0 Å². The van der Waals surface area contributed by atoms with E-state index in [-0.39, 0.29) is 30.6 Å². The van der Waals surface area contributed by atoms with Gasteiger partial charge in [-0.15, -0.1) is 0 Å². The fourth-order valence-electron chi connectivity index (χ4n) is 4.00. The zero-order valence-corrected chi connectivity index (χ0v) is 16.6. The number of morpholine rings is 1. The maximum absolute atomic E-state index is 12.7. The number of nitrogens with one attached hydrogen (secondary N) is 1. The molecule has 2 fully saturated rings. The summed E-state index contributed by atoms with van der Waals surface area (Å²) in [5, 5.41) is 3.19. The highest BCUT2D eigenvalue weighted by molar-refractivity contribution is 5.94. The number of rotatable bonds is 4. The molecule has 148 valence electrons. The van der Waals surface area contributed by atoms with Crippen LogP contribution in [0.2, 0.25) is 0 Å². The summed E-state index contributed by atoms with van der Waals surface area (Å²) in [4.78, 5) is 28.9. The number of anilines is 1. The van der Waals surface area contributed by atoms with Gasteiger partial charge in [0.1, 0.15) is 0 Å². The summed E-state index contributed by atoms with van der Waals surface area (Å²) in [6, 6.07) is 7.71. The molecule has 0 spiro atoms. The second-order valence-electron chi connectivity index (χ2n) is 7.83. The first-order valence-electron chi connectivity index (χ1n) is 10.0. The highest BCUT2D eigenvalue weighted by Crippen LogP contribution is 2.18. The van der Waals surface area contributed by atoms with Gasteiger partial charge in [0.25, 0.3) is 5.91 Å². The third kappa shape index (κ3) is 5.01. The molecule has 3 rings (SSSR count). The SMILES string of the molecule is CC1CN(C(=O)c2ccc(NCC(=O)N3CCCCC3C)cc2)CC(C)O1. The van der Waals surface area contributed by atoms with Crippen molar-refractivity contribution in [3.05, 3.63) is 29.8 Å². The van der Waals surface area contributed by atoms with Gasteiger partial charge in [-0.1, -0.05) is 0 Å². The van der Waals surface area contributed by atoms with Crippen LogP contribution in [0.1, 0.15) is 50.4 Å². The van der Waals surface area contributed by atoms with Crippen molar-refractivity contribution >= 4 is 17.5 Å². The molecule has 1 aromatic carbocycles. The van der Waals surface area contributed by atoms with Crippen molar-refractivity contribution in [2.75, 3.05) is 31.5 Å². The average Bonchev–Trinajstić information content (AvgIpc) is 2.65. The molecular formula is C21H31N3O3. The molecule has 6 heteroatoms. The summed E-state index contributed by atoms with van der Waals surface area (Å²) < 4.78 is 5.69. The number of piperidine rings is 1. The molecule has 0 bridgehead atoms. The van der Waals surface area contributed by atoms with Crippen molar-refractivity contribution in [3.8, 4) is 0 Å². The first-order valence-corrected chi connectivity index (χ1v) is 10.0. The van der Waals surface area contributed by atoms with Crippen molar-refractivity contribution in [2.24, 2.45) is 0 Å². The van der Waals surface area contributed by atoms with Gasteiger partial charge in [0.15, 0.2) is 0 Å². The Morgan fingerprint density at radius 3 is 2.37 bits per heavy atom. The number of hydrogen-bond acceptors (Lipinski definition) is 4. The Kier molecular flexibility index (Phi) is 6.37. The third-order valence-electron chi connectivity index (χ3n) is 5.41. The molecule has 27 heavy (non-hydrogen) atoms. The van der Waals surface area contributed by atoms with Crippen LogP contribution in [0.5, 0.6) is 0 Å². The van der Waals surface area contributed by atoms with E-state index in [1.807, 2.05) is 47.9 Å². The van der Waals surface area contributed by atoms with E-state index in [1.54, 1.807) is 0 Å². The van der Waals surface area contributed by atoms with Crippen LogP contribution in [-0.4, -0.2) is 66.0 Å². The number of likely N-dealkylation sites (tertiary alicyclic amines) is 1. The molecule has 2 aliphatic heterocycles. The van der Waals surface area contributed by atoms with Gasteiger partial charge in [-0.25, -0.2) is 0 Å². The average molecular weight is 373 g/mol. The predicted octanol–water partition coefficient (Wildman–Crippen LogP) is 2.75. The molecule has 2 aliphatic rings. The lowest BCUT2D eigenvalue weighted by atomic mass is 10.0. The molecule has 6 nitrogen and oxygen atoms in total. The zero-order valence-electron chi connectivity index (χ0n) is 16.6. The predicted molar refractivity (Wildman–Crippen MR) is 106 cm³/mol. The largest absolute Gasteiger partial charge is 0.376 e. The molecule has 3 unspecified atom stereocenters. The van der Waals surface area contributed by atoms with Crippen molar-refractivity contribution in [2.45, 2.75) is 58.3 Å². The Bertz CT molecular complexity index is 651. The normalized spacial score (nSPS) is 26.0. The van der Waals surface area contributed by atoms with Gasteiger partial charge in [-0.2, -0.15) is 0 Å². The van der Waals surface area contributed by atoms with E-state index in [9.17, 15) is 9.59 Å². The van der Waals surface area contributed by atoms with E-state index in [1.165, 1.54) is 6.42 Å². The number of amides is 2. The summed E-state index contributed by atoms with van der Waals surface area (Å²) >= 11 is 0. The van der Waals surface area contributed by atoms with Gasteiger partial charge in [-0.05, 0) is 64.3 Å². The molecule has 3 atom stereocenters. The molecular weight excluding hydrogens is 342 g/mol. The van der Waals surface area contributed by atoms with Crippen LogP contribution in [0.3, 0.4) is 0 Å². The number of nitrogens with zero attached hydrogens (tertiary/aromatic N) is 2. The van der Waals surface area contributed by atoms with Crippen molar-refractivity contribution in [1.82, 2.24) is 9.80 Å². The molecule has 1 aromatic rings. The maximum Gasteiger partial charge on any atom is 0.254 e. The lowest BCUT2D eigenvalue weighted by Crippen LogP contribution is -2.48. The number of carbonyl (C=O) groups is 2. The quantitative estimate of drug-likeness (QED) is 0.882. The molecule has 1 N–H and O–H groups in total. The fourth-order valence-corrected chi connectivity index (χ4v) is 4.00. The van der Waals surface area contributed by atoms with Crippen LogP contribution in [0.25, 0.3) is 0 Å². The van der Waals surface area contributed by atoms with Crippen LogP contribution < -0.4 is 5.32 Å². The summed E-state index contributed by atoms with van der Waals surface area (Å²) in [5.74, 6) is 0.167. The van der Waals surface area contributed by atoms with E-state index in [2.05, 4.69) is 12.2 Å². The lowest BCUT2D eigenvalue weighted by Gasteiger charge is -2.35. The van der Waals surface area contributed by atoms with Crippen LogP contribution in [-0.2, 0) is 9.53 Å². The highest BCUT2D eigenvalue weighted by atomic mass is 16.5. The maximum atomic E-state index is 12.7. The Morgan fingerprint density at radius 2 is 1.74 bits per heavy atom. The van der Waals surface area contributed by atoms with Gasteiger partial charge in [0, 0.05) is 36.9 Å². The van der Waals surface area contributed by atoms with Crippen molar-refractivity contribution in [3.63, 3.8) is 0 Å². The van der Waals surface area contributed by atoms with Gasteiger partial charge in [-0.3, -0.25) is 9.59 Å². The third-order valence-corrected chi connectivity index (χ3v) is 5.41. The van der Waals surface area contributed by atoms with Gasteiger partial charge in [0.05, 0.1) is 18.8 Å². The molecule has 2 heterocycles. The number of carbonyl (C=O) groups excluding carboxylic acids is 2. The topological polar surface area (TPSA) is 61.9 Å². The van der Waals surface area contributed by atoms with E-state index in [0.717, 1.165) is 25.1 Å². The number of hydrogen-bond donors (Lipinski definition) is 1. The fraction of sp³-hybridized carbons (Fsp3) is 0.619. The minimum atomic E-state index is 0.0294. The summed E-state index contributed by atoms with van der Waals surface area (Å²) in [6.07, 6.45) is 3.49. The van der Waals surface area contributed by atoms with Crippen LogP contribution in [0, 0.1) is 0 Å². The Hall–Kier alpha value is -2.08. The number of benzene rings is 1. The van der Waals surface area contributed by atoms with E-state index < -0.39 is 0 Å². The monoisotopic (exact) mass is 373 g/mol. The molecule has 0 aromatic heterocycles. The summed E-state index contributed by atoms with van der Waals surface area (Å²) in [7, 11) is 0. The standard InChI is InChI=1S/C21H31N3O3/c1-15-6-4-5-11-24(15)20(25)12-22-19-9-7-18(8-10-19)21(26)23-13-16(2)27-17(3)14-23/h7-10,15-17,22H,4-6,11-14H2,1-3H3. The van der Waals surface area contributed by atoms with Gasteiger partial charge >= 0.3 is 0 Å². The van der Waals surface area contributed by atoms with Crippen LogP contribution in [0.4, 0.5) is 5.69 Å². The second-order valence-corrected chi connectivity index (χ2v) is 7.83. The van der Waals surface area contributed by atoms with E-state index >= 15 is 0 Å². The van der Waals surface area contributed by atoms with Crippen molar-refractivity contribution in [1.29, 1.82) is 0 Å². The summed E-state index contributed by atoms with van der Waals surface area (Å²) in [6.45, 7) is 8.47. The van der Waals surface area contributed by atoms with Gasteiger partial charge in [0.2, 0.25) is 5.91 Å². The van der Waals surface area contributed by atoms with E-state index in [0.29, 0.717) is 24.7 Å². The minimum absolute atomic E-state index is 0.0294. The molecule has 2 amide bonds. The zero-order chi connectivity index (χ0) is 19.4. The Morgan fingerprint density at radius 1 is 1.07 bits per heavy atom. The first-order chi connectivity index (χ1) is 12.9. The lowest BCUT2D eigenvalue weighted by molar-refractivity contribution is -0.132.